The normalized spacial score (nSPS) is 16.7. The van der Waals surface area contributed by atoms with Crippen LogP contribution < -0.4 is 9.47 Å². The molecule has 1 fully saturated rings. The Kier molecular flexibility index (Phi) is 7.40. The Morgan fingerprint density at radius 3 is 2.49 bits per heavy atom. The molecule has 2 atom stereocenters. The molecular formula is C28H34O6S. The predicted octanol–water partition coefficient (Wildman–Crippen LogP) is 4.47. The lowest BCUT2D eigenvalue weighted by molar-refractivity contribution is -0.120. The highest BCUT2D eigenvalue weighted by molar-refractivity contribution is 7.85. The van der Waals surface area contributed by atoms with E-state index in [0.717, 1.165) is 45.7 Å². The molecule has 1 unspecified atom stereocenters. The molecule has 0 saturated heterocycles. The maximum atomic E-state index is 13.4. The second kappa shape index (κ2) is 10.3. The van der Waals surface area contributed by atoms with Gasteiger partial charge in [0.25, 0.3) is 0 Å². The van der Waals surface area contributed by atoms with Crippen LogP contribution in [0, 0.1) is 0 Å². The molecule has 2 aliphatic rings. The number of aliphatic hydroxyl groups excluding tert-OH is 1. The first kappa shape index (κ1) is 25.1. The van der Waals surface area contributed by atoms with Crippen LogP contribution in [0.1, 0.15) is 40.2 Å². The highest BCUT2D eigenvalue weighted by Crippen LogP contribution is 2.51. The van der Waals surface area contributed by atoms with Gasteiger partial charge in [0.15, 0.2) is 11.5 Å². The molecule has 3 N–H and O–H groups in total. The molecule has 3 aromatic carbocycles. The zero-order chi connectivity index (χ0) is 23.7. The molecule has 0 radical (unpaired) electrons. The number of hydrogen-bond acceptors (Lipinski definition) is 5. The topological polar surface area (TPSA) is 104 Å². The molecule has 188 valence electrons. The first-order valence-electron chi connectivity index (χ1n) is 11.6. The fraction of sp³-hybridized carbons (Fsp3) is 0.321. The van der Waals surface area contributed by atoms with Gasteiger partial charge in [-0.3, -0.25) is 9.00 Å². The van der Waals surface area contributed by atoms with Gasteiger partial charge in [-0.05, 0) is 72.7 Å². The van der Waals surface area contributed by atoms with E-state index in [4.69, 9.17) is 9.47 Å². The lowest BCUT2D eigenvalue weighted by Crippen LogP contribution is -2.22. The zero-order valence-corrected chi connectivity index (χ0v) is 20.5. The van der Waals surface area contributed by atoms with Crippen molar-refractivity contribution >= 4 is 16.6 Å². The van der Waals surface area contributed by atoms with Crippen molar-refractivity contribution in [2.75, 3.05) is 12.5 Å². The summed E-state index contributed by atoms with van der Waals surface area (Å²) in [7, 11) is -1.12. The standard InChI is InChI=1S/C28H28O5S.H2O.2H2/c1-19(29)11-14-34(31)24-8-5-21(6-9-24)22-4-2-3-20(15-22)16-27(30)28(12-13-28)23-7-10-25-26(17-23)33-18-32-25;;;/h2-10,15,17,19,29H,11-14,16,18H2,1H3;1H2;2*1H/t19-,34?;;;/m0.../s1. The summed E-state index contributed by atoms with van der Waals surface area (Å²) < 4.78 is 23.3. The zero-order valence-electron chi connectivity index (χ0n) is 19.7. The monoisotopic (exact) mass is 498 g/mol. The van der Waals surface area contributed by atoms with Crippen molar-refractivity contribution in [3.63, 3.8) is 0 Å². The van der Waals surface area contributed by atoms with E-state index >= 15 is 0 Å². The largest absolute Gasteiger partial charge is 0.454 e. The summed E-state index contributed by atoms with van der Waals surface area (Å²) in [6.07, 6.45) is 2.16. The van der Waals surface area contributed by atoms with Gasteiger partial charge in [-0.15, -0.1) is 0 Å². The number of carbonyl (C=O) groups is 1. The van der Waals surface area contributed by atoms with E-state index in [1.165, 1.54) is 0 Å². The summed E-state index contributed by atoms with van der Waals surface area (Å²) in [5.74, 6) is 2.12. The molecule has 3 aromatic rings. The number of benzene rings is 3. The first-order chi connectivity index (χ1) is 16.4. The van der Waals surface area contributed by atoms with Crippen molar-refractivity contribution in [2.24, 2.45) is 0 Å². The summed E-state index contributed by atoms with van der Waals surface area (Å²) in [6.45, 7) is 1.93. The Bertz CT molecular complexity index is 1240. The molecular weight excluding hydrogens is 464 g/mol. The van der Waals surface area contributed by atoms with Gasteiger partial charge in [-0.1, -0.05) is 42.5 Å². The minimum absolute atomic E-state index is 0. The van der Waals surface area contributed by atoms with Crippen LogP contribution in [0.4, 0.5) is 0 Å². The number of aliphatic hydroxyl groups is 1. The number of ether oxygens (including phenoxy) is 2. The molecule has 1 aliphatic carbocycles. The predicted molar refractivity (Wildman–Crippen MR) is 139 cm³/mol. The Labute approximate surface area is 210 Å². The quantitative estimate of drug-likeness (QED) is 0.469. The van der Waals surface area contributed by atoms with Gasteiger partial charge >= 0.3 is 0 Å². The van der Waals surface area contributed by atoms with Crippen LogP contribution in [-0.2, 0) is 27.4 Å². The fourth-order valence-electron chi connectivity index (χ4n) is 4.46. The Morgan fingerprint density at radius 2 is 1.77 bits per heavy atom. The van der Waals surface area contributed by atoms with E-state index in [0.29, 0.717) is 24.3 Å². The van der Waals surface area contributed by atoms with Crippen LogP contribution in [0.15, 0.2) is 71.6 Å². The van der Waals surface area contributed by atoms with E-state index in [-0.39, 0.29) is 20.9 Å². The third kappa shape index (κ3) is 5.32. The van der Waals surface area contributed by atoms with Crippen LogP contribution in [0.2, 0.25) is 0 Å². The summed E-state index contributed by atoms with van der Waals surface area (Å²) in [5.41, 5.74) is 3.62. The van der Waals surface area contributed by atoms with E-state index in [1.807, 2.05) is 60.7 Å². The van der Waals surface area contributed by atoms with Gasteiger partial charge in [-0.2, -0.15) is 0 Å². The minimum Gasteiger partial charge on any atom is -0.454 e. The molecule has 35 heavy (non-hydrogen) atoms. The van der Waals surface area contributed by atoms with Crippen LogP contribution in [0.25, 0.3) is 11.1 Å². The third-order valence-electron chi connectivity index (χ3n) is 6.67. The molecule has 1 saturated carbocycles. The number of rotatable bonds is 9. The van der Waals surface area contributed by atoms with Crippen molar-refractivity contribution in [3.05, 3.63) is 77.9 Å². The van der Waals surface area contributed by atoms with Crippen molar-refractivity contribution in [3.8, 4) is 22.6 Å². The summed E-state index contributed by atoms with van der Waals surface area (Å²) in [5, 5.41) is 9.42. The second-order valence-corrected chi connectivity index (χ2v) is 10.7. The van der Waals surface area contributed by atoms with Crippen LogP contribution in [0.5, 0.6) is 11.5 Å². The van der Waals surface area contributed by atoms with Crippen molar-refractivity contribution < 1.29 is 31.9 Å². The maximum absolute atomic E-state index is 13.4. The number of hydrogen-bond donors (Lipinski definition) is 1. The summed E-state index contributed by atoms with van der Waals surface area (Å²) >= 11 is 0. The van der Waals surface area contributed by atoms with Gasteiger partial charge in [0.1, 0.15) is 5.78 Å². The summed E-state index contributed by atoms with van der Waals surface area (Å²) in [4.78, 5) is 14.1. The van der Waals surface area contributed by atoms with Gasteiger partial charge in [0.2, 0.25) is 6.79 Å². The van der Waals surface area contributed by atoms with Crippen LogP contribution in [-0.4, -0.2) is 39.2 Å². The van der Waals surface area contributed by atoms with E-state index in [2.05, 4.69) is 6.07 Å². The lowest BCUT2D eigenvalue weighted by atomic mass is 9.87. The smallest absolute Gasteiger partial charge is 0.231 e. The van der Waals surface area contributed by atoms with Crippen LogP contribution >= 0.6 is 0 Å². The van der Waals surface area contributed by atoms with E-state index < -0.39 is 22.3 Å². The number of Topliss-reactive ketones (excluding diaryl/α,β-unsaturated/α-hetero) is 1. The SMILES string of the molecule is C[C@H](O)CCS(=O)c1ccc(-c2cccc(CC(=O)C3(c4ccc5c(c4)OCO5)CC3)c2)cc1.O.[HH].[HH]. The Hall–Kier alpha value is -3.00. The fourth-order valence-corrected chi connectivity index (χ4v) is 5.69. The molecule has 7 heteroatoms. The maximum Gasteiger partial charge on any atom is 0.231 e. The Balaban J connectivity index is 0.00000160. The molecule has 1 heterocycles. The molecule has 6 nitrogen and oxygen atoms in total. The average molecular weight is 499 g/mol. The molecule has 0 bridgehead atoms. The highest BCUT2D eigenvalue weighted by atomic mass is 32.2. The molecule has 0 spiro atoms. The number of ketones is 1. The van der Waals surface area contributed by atoms with Gasteiger partial charge in [0, 0.05) is 19.9 Å². The highest BCUT2D eigenvalue weighted by Gasteiger charge is 2.50. The molecule has 5 rings (SSSR count). The van der Waals surface area contributed by atoms with Gasteiger partial charge in [0.05, 0.1) is 22.3 Å². The molecule has 1 aliphatic heterocycles. The molecule has 0 amide bonds. The average Bonchev–Trinajstić information content (AvgIpc) is 3.53. The Morgan fingerprint density at radius 1 is 1.03 bits per heavy atom. The van der Waals surface area contributed by atoms with Crippen molar-refractivity contribution in [2.45, 2.75) is 49.0 Å². The van der Waals surface area contributed by atoms with Gasteiger partial charge in [-0.25, -0.2) is 0 Å². The van der Waals surface area contributed by atoms with Crippen molar-refractivity contribution in [1.82, 2.24) is 0 Å². The van der Waals surface area contributed by atoms with Gasteiger partial charge < -0.3 is 20.1 Å². The number of fused-ring (bicyclic) bond motifs is 1. The first-order valence-corrected chi connectivity index (χ1v) is 13.0. The molecule has 0 aromatic heterocycles. The second-order valence-electron chi connectivity index (χ2n) is 9.16. The van der Waals surface area contributed by atoms with E-state index in [1.54, 1.807) is 6.92 Å². The lowest BCUT2D eigenvalue weighted by Gasteiger charge is -2.15. The number of carbonyl (C=O) groups excluding carboxylic acids is 1. The van der Waals surface area contributed by atoms with Crippen LogP contribution in [0.3, 0.4) is 0 Å². The summed E-state index contributed by atoms with van der Waals surface area (Å²) in [6, 6.07) is 21.6. The third-order valence-corrected chi connectivity index (χ3v) is 8.08. The van der Waals surface area contributed by atoms with Crippen molar-refractivity contribution in [1.29, 1.82) is 0 Å². The minimum atomic E-state index is -1.12. The van der Waals surface area contributed by atoms with E-state index in [9.17, 15) is 14.1 Å².